The molecule has 0 fully saturated rings. The SMILES string of the molecule is CCOC(=O)c1c(NC(=O)C[NH+](C)Cc2ccc(Cl)cc2)sc2c1CCC2. The lowest BCUT2D eigenvalue weighted by Gasteiger charge is -2.14. The number of thiophene rings is 1. The number of aryl methyl sites for hydroxylation is 1. The van der Waals surface area contributed by atoms with Crippen LogP contribution in [0.3, 0.4) is 0 Å². The minimum Gasteiger partial charge on any atom is -0.462 e. The van der Waals surface area contributed by atoms with Gasteiger partial charge in [0.15, 0.2) is 6.54 Å². The van der Waals surface area contributed by atoms with Gasteiger partial charge in [-0.05, 0) is 43.9 Å². The second kappa shape index (κ2) is 8.87. The molecule has 1 heterocycles. The first-order valence-corrected chi connectivity index (χ1v) is 10.3. The summed E-state index contributed by atoms with van der Waals surface area (Å²) in [7, 11) is 1.97. The van der Waals surface area contributed by atoms with Crippen molar-refractivity contribution in [2.45, 2.75) is 32.7 Å². The summed E-state index contributed by atoms with van der Waals surface area (Å²) in [6, 6.07) is 7.63. The number of hydrogen-bond donors (Lipinski definition) is 2. The number of carbonyl (C=O) groups is 2. The number of carbonyl (C=O) groups excluding carboxylic acids is 2. The Morgan fingerprint density at radius 2 is 2.00 bits per heavy atom. The van der Waals surface area contributed by atoms with Crippen LogP contribution in [0.1, 0.15) is 39.7 Å². The first-order chi connectivity index (χ1) is 13.0. The van der Waals surface area contributed by atoms with Crippen molar-refractivity contribution in [2.75, 3.05) is 25.5 Å². The minimum absolute atomic E-state index is 0.105. The van der Waals surface area contributed by atoms with E-state index in [1.54, 1.807) is 6.92 Å². The molecule has 7 heteroatoms. The molecule has 0 aliphatic heterocycles. The fraction of sp³-hybridized carbons (Fsp3) is 0.400. The molecule has 3 rings (SSSR count). The summed E-state index contributed by atoms with van der Waals surface area (Å²) in [5, 5.41) is 4.27. The zero-order valence-electron chi connectivity index (χ0n) is 15.6. The van der Waals surface area contributed by atoms with Crippen LogP contribution in [0.15, 0.2) is 24.3 Å². The van der Waals surface area contributed by atoms with Crippen LogP contribution in [0.25, 0.3) is 0 Å². The maximum Gasteiger partial charge on any atom is 0.341 e. The maximum absolute atomic E-state index is 12.5. The number of halogens is 1. The molecule has 0 radical (unpaired) electrons. The van der Waals surface area contributed by atoms with Crippen molar-refractivity contribution in [1.29, 1.82) is 0 Å². The average molecular weight is 408 g/mol. The predicted octanol–water partition coefficient (Wildman–Crippen LogP) is 2.72. The van der Waals surface area contributed by atoms with Gasteiger partial charge in [-0.2, -0.15) is 0 Å². The van der Waals surface area contributed by atoms with Crippen LogP contribution in [0.2, 0.25) is 5.02 Å². The van der Waals surface area contributed by atoms with Gasteiger partial charge < -0.3 is 15.0 Å². The highest BCUT2D eigenvalue weighted by Gasteiger charge is 2.28. The van der Waals surface area contributed by atoms with E-state index in [0.717, 1.165) is 41.8 Å². The van der Waals surface area contributed by atoms with Crippen molar-refractivity contribution in [3.05, 3.63) is 50.9 Å². The molecule has 27 heavy (non-hydrogen) atoms. The number of hydrogen-bond acceptors (Lipinski definition) is 4. The lowest BCUT2D eigenvalue weighted by molar-refractivity contribution is -0.885. The van der Waals surface area contributed by atoms with Gasteiger partial charge in [0.2, 0.25) is 0 Å². The summed E-state index contributed by atoms with van der Waals surface area (Å²) in [5.41, 5.74) is 2.72. The van der Waals surface area contributed by atoms with Crippen molar-refractivity contribution < 1.29 is 19.2 Å². The van der Waals surface area contributed by atoms with E-state index in [0.29, 0.717) is 28.7 Å². The topological polar surface area (TPSA) is 59.8 Å². The van der Waals surface area contributed by atoms with Crippen molar-refractivity contribution in [1.82, 2.24) is 0 Å². The number of anilines is 1. The van der Waals surface area contributed by atoms with Crippen LogP contribution in [-0.2, 0) is 28.9 Å². The van der Waals surface area contributed by atoms with E-state index >= 15 is 0 Å². The second-order valence-corrected chi connectivity index (χ2v) is 8.31. The molecule has 0 spiro atoms. The molecule has 1 aromatic heterocycles. The van der Waals surface area contributed by atoms with E-state index < -0.39 is 0 Å². The Hall–Kier alpha value is -1.89. The number of amides is 1. The molecule has 0 bridgehead atoms. The van der Waals surface area contributed by atoms with Gasteiger partial charge in [0.1, 0.15) is 11.5 Å². The maximum atomic E-state index is 12.5. The van der Waals surface area contributed by atoms with Crippen LogP contribution < -0.4 is 10.2 Å². The number of benzene rings is 1. The summed E-state index contributed by atoms with van der Waals surface area (Å²) < 4.78 is 5.20. The average Bonchev–Trinajstić information content (AvgIpc) is 3.17. The first-order valence-electron chi connectivity index (χ1n) is 9.15. The van der Waals surface area contributed by atoms with E-state index in [1.165, 1.54) is 16.2 Å². The number of likely N-dealkylation sites (N-methyl/N-ethyl adjacent to an activating group) is 1. The summed E-state index contributed by atoms with van der Waals surface area (Å²) in [5.74, 6) is -0.444. The van der Waals surface area contributed by atoms with Crippen molar-refractivity contribution in [3.63, 3.8) is 0 Å². The molecule has 1 atom stereocenters. The molecular formula is C20H24ClN2O3S+. The Morgan fingerprint density at radius 3 is 2.70 bits per heavy atom. The standard InChI is InChI=1S/C20H23ClN2O3S/c1-3-26-20(25)18-15-5-4-6-16(15)27-19(18)22-17(24)12-23(2)11-13-7-9-14(21)10-8-13/h7-10H,3-6,11-12H2,1-2H3,(H,22,24)/p+1. The van der Waals surface area contributed by atoms with Gasteiger partial charge in [-0.1, -0.05) is 23.7 Å². The summed E-state index contributed by atoms with van der Waals surface area (Å²) in [4.78, 5) is 27.1. The van der Waals surface area contributed by atoms with Gasteiger partial charge >= 0.3 is 5.97 Å². The molecule has 5 nitrogen and oxygen atoms in total. The van der Waals surface area contributed by atoms with Crippen LogP contribution >= 0.6 is 22.9 Å². The monoisotopic (exact) mass is 407 g/mol. The number of nitrogens with one attached hydrogen (secondary N) is 2. The van der Waals surface area contributed by atoms with E-state index in [-0.39, 0.29) is 11.9 Å². The summed E-state index contributed by atoms with van der Waals surface area (Å²) in [6.07, 6.45) is 2.89. The number of esters is 1. The van der Waals surface area contributed by atoms with Gasteiger partial charge in [0.25, 0.3) is 5.91 Å². The molecule has 1 aliphatic carbocycles. The number of rotatable bonds is 7. The highest BCUT2D eigenvalue weighted by atomic mass is 35.5. The zero-order chi connectivity index (χ0) is 19.4. The van der Waals surface area contributed by atoms with Crippen LogP contribution in [-0.4, -0.2) is 32.1 Å². The lowest BCUT2D eigenvalue weighted by Crippen LogP contribution is -3.08. The highest BCUT2D eigenvalue weighted by Crippen LogP contribution is 2.39. The third-order valence-corrected chi connectivity index (χ3v) is 5.99. The van der Waals surface area contributed by atoms with Gasteiger partial charge in [-0.25, -0.2) is 4.79 Å². The van der Waals surface area contributed by atoms with Crippen molar-refractivity contribution >= 4 is 39.8 Å². The molecule has 2 N–H and O–H groups in total. The molecule has 0 saturated carbocycles. The molecule has 1 unspecified atom stereocenters. The number of quaternary nitrogens is 1. The first kappa shape index (κ1) is 19.9. The normalized spacial score (nSPS) is 13.9. The Balaban J connectivity index is 1.65. The molecule has 1 amide bonds. The fourth-order valence-corrected chi connectivity index (χ4v) is 4.79. The highest BCUT2D eigenvalue weighted by molar-refractivity contribution is 7.17. The van der Waals surface area contributed by atoms with E-state index in [9.17, 15) is 9.59 Å². The molecule has 144 valence electrons. The molecule has 0 saturated heterocycles. The predicted molar refractivity (Wildman–Crippen MR) is 108 cm³/mol. The molecule has 1 aliphatic rings. The van der Waals surface area contributed by atoms with E-state index in [4.69, 9.17) is 16.3 Å². The zero-order valence-corrected chi connectivity index (χ0v) is 17.1. The summed E-state index contributed by atoms with van der Waals surface area (Å²) >= 11 is 7.42. The van der Waals surface area contributed by atoms with Gasteiger partial charge in [-0.15, -0.1) is 11.3 Å². The second-order valence-electron chi connectivity index (χ2n) is 6.77. The Labute approximate surface area is 168 Å². The number of fused-ring (bicyclic) bond motifs is 1. The summed E-state index contributed by atoms with van der Waals surface area (Å²) in [6.45, 7) is 3.15. The van der Waals surface area contributed by atoms with E-state index in [1.807, 2.05) is 31.3 Å². The third kappa shape index (κ3) is 4.89. The van der Waals surface area contributed by atoms with Gasteiger partial charge in [-0.3, -0.25) is 4.79 Å². The third-order valence-electron chi connectivity index (χ3n) is 4.54. The van der Waals surface area contributed by atoms with Gasteiger partial charge in [0.05, 0.1) is 19.2 Å². The minimum atomic E-state index is -0.339. The number of ether oxygens (including phenoxy) is 1. The Bertz CT molecular complexity index is 832. The Morgan fingerprint density at radius 1 is 1.26 bits per heavy atom. The largest absolute Gasteiger partial charge is 0.462 e. The quantitative estimate of drug-likeness (QED) is 0.694. The van der Waals surface area contributed by atoms with Crippen LogP contribution in [0.4, 0.5) is 5.00 Å². The molecule has 1 aromatic carbocycles. The Kier molecular flexibility index (Phi) is 6.52. The fourth-order valence-electron chi connectivity index (χ4n) is 3.37. The van der Waals surface area contributed by atoms with Crippen LogP contribution in [0, 0.1) is 0 Å². The van der Waals surface area contributed by atoms with E-state index in [2.05, 4.69) is 5.32 Å². The molecule has 2 aromatic rings. The van der Waals surface area contributed by atoms with Crippen molar-refractivity contribution in [3.8, 4) is 0 Å². The van der Waals surface area contributed by atoms with Crippen molar-refractivity contribution in [2.24, 2.45) is 0 Å². The molecular weight excluding hydrogens is 384 g/mol. The van der Waals surface area contributed by atoms with Gasteiger partial charge in [0, 0.05) is 15.5 Å². The smallest absolute Gasteiger partial charge is 0.341 e. The van der Waals surface area contributed by atoms with Crippen LogP contribution in [0.5, 0.6) is 0 Å². The lowest BCUT2D eigenvalue weighted by atomic mass is 10.1.